The van der Waals surface area contributed by atoms with Crippen LogP contribution in [0, 0.1) is 0 Å². The number of fused-ring (bicyclic) bond motifs is 1. The van der Waals surface area contributed by atoms with Crippen molar-refractivity contribution in [2.75, 3.05) is 13.7 Å². The van der Waals surface area contributed by atoms with Gasteiger partial charge in [-0.3, -0.25) is 9.36 Å². The van der Waals surface area contributed by atoms with Crippen molar-refractivity contribution in [3.8, 4) is 5.69 Å². The standard InChI is InChI=1S/C21H22N6O2S/c1-14(13-29-3)26-20(28)17-11-7-8-12-18(17)22-21(26)30-15(2)19-23-24-25-27(19)16-9-5-4-6-10-16/h4-12,14-15H,13H2,1-3H3/t14-,15+/m1/s1. The number of methoxy groups -OCH3 is 1. The summed E-state index contributed by atoms with van der Waals surface area (Å²) < 4.78 is 8.71. The smallest absolute Gasteiger partial charge is 0.262 e. The molecule has 0 unspecified atom stereocenters. The first-order valence-electron chi connectivity index (χ1n) is 9.60. The third-order valence-corrected chi connectivity index (χ3v) is 5.83. The van der Waals surface area contributed by atoms with E-state index in [2.05, 4.69) is 15.5 Å². The summed E-state index contributed by atoms with van der Waals surface area (Å²) in [5.41, 5.74) is 1.46. The highest BCUT2D eigenvalue weighted by Gasteiger charge is 2.22. The molecule has 0 bridgehead atoms. The van der Waals surface area contributed by atoms with Gasteiger partial charge in [-0.15, -0.1) is 5.10 Å². The largest absolute Gasteiger partial charge is 0.383 e. The maximum absolute atomic E-state index is 13.2. The Labute approximate surface area is 177 Å². The molecule has 2 aromatic heterocycles. The van der Waals surface area contributed by atoms with Crippen molar-refractivity contribution in [3.63, 3.8) is 0 Å². The van der Waals surface area contributed by atoms with E-state index in [0.717, 1.165) is 5.69 Å². The molecule has 2 heterocycles. The average molecular weight is 423 g/mol. The van der Waals surface area contributed by atoms with Crippen LogP contribution in [-0.4, -0.2) is 43.5 Å². The van der Waals surface area contributed by atoms with Crippen molar-refractivity contribution in [1.82, 2.24) is 29.8 Å². The van der Waals surface area contributed by atoms with E-state index in [4.69, 9.17) is 9.72 Å². The summed E-state index contributed by atoms with van der Waals surface area (Å²) in [5.74, 6) is 0.680. The Hall–Kier alpha value is -3.04. The zero-order valence-electron chi connectivity index (χ0n) is 17.0. The first kappa shape index (κ1) is 20.2. The van der Waals surface area contributed by atoms with Crippen LogP contribution in [0.25, 0.3) is 16.6 Å². The molecule has 0 spiro atoms. The van der Waals surface area contributed by atoms with Gasteiger partial charge in [-0.25, -0.2) is 4.98 Å². The second-order valence-corrected chi connectivity index (χ2v) is 8.24. The van der Waals surface area contributed by atoms with Crippen LogP contribution < -0.4 is 5.56 Å². The zero-order valence-corrected chi connectivity index (χ0v) is 17.8. The maximum atomic E-state index is 13.2. The Bertz CT molecular complexity index is 1210. The molecule has 0 aliphatic heterocycles. The molecule has 4 aromatic rings. The normalized spacial score (nSPS) is 13.4. The van der Waals surface area contributed by atoms with Gasteiger partial charge in [0.15, 0.2) is 11.0 Å². The molecule has 30 heavy (non-hydrogen) atoms. The van der Waals surface area contributed by atoms with Gasteiger partial charge in [-0.1, -0.05) is 42.1 Å². The van der Waals surface area contributed by atoms with Gasteiger partial charge >= 0.3 is 0 Å². The monoisotopic (exact) mass is 422 g/mol. The van der Waals surface area contributed by atoms with E-state index in [9.17, 15) is 4.79 Å². The first-order valence-corrected chi connectivity index (χ1v) is 10.5. The molecule has 0 aliphatic carbocycles. The molecule has 2 atom stereocenters. The Balaban J connectivity index is 1.76. The number of ether oxygens (including phenoxy) is 1. The third-order valence-electron chi connectivity index (χ3n) is 4.76. The van der Waals surface area contributed by atoms with E-state index in [1.165, 1.54) is 11.8 Å². The van der Waals surface area contributed by atoms with E-state index < -0.39 is 0 Å². The lowest BCUT2D eigenvalue weighted by atomic mass is 10.2. The van der Waals surface area contributed by atoms with Crippen LogP contribution in [0.2, 0.25) is 0 Å². The summed E-state index contributed by atoms with van der Waals surface area (Å²) in [6, 6.07) is 16.9. The van der Waals surface area contributed by atoms with Crippen LogP contribution in [0.3, 0.4) is 0 Å². The van der Waals surface area contributed by atoms with Gasteiger partial charge in [-0.05, 0) is 48.5 Å². The van der Waals surface area contributed by atoms with Crippen molar-refractivity contribution in [1.29, 1.82) is 0 Å². The molecule has 0 saturated carbocycles. The fraction of sp³-hybridized carbons (Fsp3) is 0.286. The van der Waals surface area contributed by atoms with Crippen LogP contribution >= 0.6 is 11.8 Å². The summed E-state index contributed by atoms with van der Waals surface area (Å²) in [6.07, 6.45) is 0. The molecular weight excluding hydrogens is 400 g/mol. The number of hydrogen-bond donors (Lipinski definition) is 0. The molecule has 0 aliphatic rings. The second kappa shape index (κ2) is 8.76. The summed E-state index contributed by atoms with van der Waals surface area (Å²) in [6.45, 7) is 4.36. The highest BCUT2D eigenvalue weighted by molar-refractivity contribution is 7.99. The van der Waals surface area contributed by atoms with E-state index >= 15 is 0 Å². The number of nitrogens with zero attached hydrogens (tertiary/aromatic N) is 6. The molecule has 2 aromatic carbocycles. The SMILES string of the molecule is COC[C@@H](C)n1c(S[C@@H](C)c2nnnn2-c2ccccc2)nc2ccccc2c1=O. The second-order valence-electron chi connectivity index (χ2n) is 6.94. The number of benzene rings is 2. The molecule has 9 heteroatoms. The minimum Gasteiger partial charge on any atom is -0.383 e. The number of thioether (sulfide) groups is 1. The molecule has 0 saturated heterocycles. The van der Waals surface area contributed by atoms with Gasteiger partial charge in [0.25, 0.3) is 5.56 Å². The Morgan fingerprint density at radius 3 is 2.57 bits per heavy atom. The van der Waals surface area contributed by atoms with E-state index in [1.807, 2.05) is 62.4 Å². The summed E-state index contributed by atoms with van der Waals surface area (Å²) in [7, 11) is 1.62. The first-order chi connectivity index (χ1) is 14.6. The molecule has 4 rings (SSSR count). The third kappa shape index (κ3) is 3.86. The summed E-state index contributed by atoms with van der Waals surface area (Å²) >= 11 is 1.45. The lowest BCUT2D eigenvalue weighted by molar-refractivity contribution is 0.156. The van der Waals surface area contributed by atoms with Crippen LogP contribution in [0.15, 0.2) is 64.5 Å². The van der Waals surface area contributed by atoms with Gasteiger partial charge < -0.3 is 4.74 Å². The predicted molar refractivity (Wildman–Crippen MR) is 116 cm³/mol. The van der Waals surface area contributed by atoms with Gasteiger partial charge in [0.2, 0.25) is 0 Å². The van der Waals surface area contributed by atoms with Crippen molar-refractivity contribution >= 4 is 22.7 Å². The van der Waals surface area contributed by atoms with Crippen molar-refractivity contribution in [3.05, 3.63) is 70.8 Å². The average Bonchev–Trinajstić information content (AvgIpc) is 3.25. The van der Waals surface area contributed by atoms with Crippen molar-refractivity contribution in [2.45, 2.75) is 30.3 Å². The lowest BCUT2D eigenvalue weighted by Crippen LogP contribution is -2.28. The predicted octanol–water partition coefficient (Wildman–Crippen LogP) is 3.43. The zero-order chi connectivity index (χ0) is 21.1. The van der Waals surface area contributed by atoms with Gasteiger partial charge in [-0.2, -0.15) is 4.68 Å². The van der Waals surface area contributed by atoms with Gasteiger partial charge in [0.1, 0.15) is 0 Å². The van der Waals surface area contributed by atoms with Crippen molar-refractivity contribution < 1.29 is 4.74 Å². The van der Waals surface area contributed by atoms with Crippen LogP contribution in [0.4, 0.5) is 0 Å². The molecule has 0 N–H and O–H groups in total. The summed E-state index contributed by atoms with van der Waals surface area (Å²) in [5, 5.41) is 13.3. The van der Waals surface area contributed by atoms with E-state index in [1.54, 1.807) is 22.4 Å². The highest BCUT2D eigenvalue weighted by atomic mass is 32.2. The quantitative estimate of drug-likeness (QED) is 0.333. The van der Waals surface area contributed by atoms with Crippen LogP contribution in [-0.2, 0) is 4.74 Å². The molecule has 0 radical (unpaired) electrons. The fourth-order valence-corrected chi connectivity index (χ4v) is 4.42. The number of para-hydroxylation sites is 2. The highest BCUT2D eigenvalue weighted by Crippen LogP contribution is 2.34. The maximum Gasteiger partial charge on any atom is 0.262 e. The van der Waals surface area contributed by atoms with Crippen LogP contribution in [0.1, 0.15) is 31.0 Å². The minimum absolute atomic E-state index is 0.0810. The topological polar surface area (TPSA) is 87.7 Å². The van der Waals surface area contributed by atoms with E-state index in [-0.39, 0.29) is 16.9 Å². The Morgan fingerprint density at radius 2 is 1.80 bits per heavy atom. The van der Waals surface area contributed by atoms with Gasteiger partial charge in [0.05, 0.1) is 34.5 Å². The molecule has 154 valence electrons. The number of hydrogen-bond acceptors (Lipinski definition) is 7. The molecular formula is C21H22N6O2S. The molecule has 0 fully saturated rings. The van der Waals surface area contributed by atoms with Crippen LogP contribution in [0.5, 0.6) is 0 Å². The Kier molecular flexibility index (Phi) is 5.91. The summed E-state index contributed by atoms with van der Waals surface area (Å²) in [4.78, 5) is 18.0. The minimum atomic E-state index is -0.167. The van der Waals surface area contributed by atoms with Crippen molar-refractivity contribution in [2.24, 2.45) is 0 Å². The fourth-order valence-electron chi connectivity index (χ4n) is 3.32. The number of aromatic nitrogens is 6. The number of rotatable bonds is 7. The lowest BCUT2D eigenvalue weighted by Gasteiger charge is -2.20. The molecule has 8 nitrogen and oxygen atoms in total. The van der Waals surface area contributed by atoms with E-state index in [0.29, 0.717) is 28.5 Å². The number of tetrazole rings is 1. The molecule has 0 amide bonds. The van der Waals surface area contributed by atoms with Gasteiger partial charge in [0, 0.05) is 7.11 Å². The Morgan fingerprint density at radius 1 is 1.07 bits per heavy atom.